The van der Waals surface area contributed by atoms with Crippen LogP contribution in [0.15, 0.2) is 229 Å². The van der Waals surface area contributed by atoms with E-state index in [4.69, 9.17) is 4.42 Å². The van der Waals surface area contributed by atoms with Gasteiger partial charge in [-0.15, -0.1) is 0 Å². The van der Waals surface area contributed by atoms with Crippen LogP contribution in [0, 0.1) is 6.92 Å². The van der Waals surface area contributed by atoms with Crippen LogP contribution >= 0.6 is 0 Å². The van der Waals surface area contributed by atoms with Crippen LogP contribution in [0.25, 0.3) is 88.9 Å². The summed E-state index contributed by atoms with van der Waals surface area (Å²) in [6, 6.07) is 74.2. The van der Waals surface area contributed by atoms with Crippen molar-refractivity contribution in [3.8, 4) is 39.1 Å². The molecule has 3 nitrogen and oxygen atoms in total. The van der Waals surface area contributed by atoms with Crippen molar-refractivity contribution in [1.29, 1.82) is 0 Å². The Balaban J connectivity index is 1.13. The minimum absolute atomic E-state index is 0.881. The van der Waals surface area contributed by atoms with Gasteiger partial charge in [-0.2, -0.15) is 0 Å². The van der Waals surface area contributed by atoms with Gasteiger partial charge in [0.05, 0.1) is 16.7 Å². The van der Waals surface area contributed by atoms with E-state index in [1.807, 2.05) is 18.2 Å². The van der Waals surface area contributed by atoms with Crippen LogP contribution in [0.5, 0.6) is 0 Å². The van der Waals surface area contributed by atoms with Gasteiger partial charge in [-0.1, -0.05) is 170 Å². The molecule has 0 fully saturated rings. The molecule has 0 aliphatic heterocycles. The van der Waals surface area contributed by atoms with E-state index >= 15 is 0 Å². The molecule has 0 saturated carbocycles. The van der Waals surface area contributed by atoms with Crippen molar-refractivity contribution in [1.82, 2.24) is 4.57 Å². The zero-order chi connectivity index (χ0) is 41.6. The highest BCUT2D eigenvalue weighted by atomic mass is 16.3. The van der Waals surface area contributed by atoms with Crippen molar-refractivity contribution in [2.75, 3.05) is 4.90 Å². The summed E-state index contributed by atoms with van der Waals surface area (Å²) in [6.07, 6.45) is 5.93. The quantitative estimate of drug-likeness (QED) is 0.136. The third kappa shape index (κ3) is 6.39. The van der Waals surface area contributed by atoms with Crippen LogP contribution in [-0.4, -0.2) is 4.57 Å². The molecule has 0 unspecified atom stereocenters. The second-order valence-corrected chi connectivity index (χ2v) is 15.8. The molecule has 0 saturated heterocycles. The first-order chi connectivity index (χ1) is 30.6. The van der Waals surface area contributed by atoms with Gasteiger partial charge < -0.3 is 13.9 Å². The van der Waals surface area contributed by atoms with E-state index in [0.717, 1.165) is 72.4 Å². The number of furan rings is 1. The number of anilines is 3. The SMILES string of the molecule is C=C/C=C\c1cc(-c2ccc(N(c3ccc(-c4ccccc4)cc3)c3ccc(-c4cccc5c4oc4ccccc45)c(-n4c5ccccc5c5ccccc54)c3)cc2)ccc1C. The number of fused-ring (bicyclic) bond motifs is 6. The van der Waals surface area contributed by atoms with Gasteiger partial charge >= 0.3 is 0 Å². The van der Waals surface area contributed by atoms with Gasteiger partial charge in [0.1, 0.15) is 11.2 Å². The van der Waals surface area contributed by atoms with Gasteiger partial charge in [0.25, 0.3) is 0 Å². The number of rotatable bonds is 9. The second-order valence-electron chi connectivity index (χ2n) is 15.8. The lowest BCUT2D eigenvalue weighted by Gasteiger charge is -2.27. The highest BCUT2D eigenvalue weighted by Gasteiger charge is 2.22. The van der Waals surface area contributed by atoms with Crippen LogP contribution in [0.1, 0.15) is 11.1 Å². The number of allylic oxidation sites excluding steroid dienone is 2. The molecular formula is C59H42N2O. The summed E-state index contributed by atoms with van der Waals surface area (Å²) >= 11 is 0. The molecule has 0 radical (unpaired) electrons. The third-order valence-electron chi connectivity index (χ3n) is 12.1. The maximum Gasteiger partial charge on any atom is 0.143 e. The van der Waals surface area contributed by atoms with Crippen molar-refractivity contribution in [3.05, 3.63) is 236 Å². The van der Waals surface area contributed by atoms with Crippen LogP contribution in [0.4, 0.5) is 17.1 Å². The predicted molar refractivity (Wildman–Crippen MR) is 263 cm³/mol. The lowest BCUT2D eigenvalue weighted by molar-refractivity contribution is 0.670. The average molecular weight is 795 g/mol. The van der Waals surface area contributed by atoms with Crippen molar-refractivity contribution in [2.45, 2.75) is 6.92 Å². The number of hydrogen-bond donors (Lipinski definition) is 0. The van der Waals surface area contributed by atoms with E-state index in [9.17, 15) is 0 Å². The Morgan fingerprint density at radius 3 is 1.73 bits per heavy atom. The summed E-state index contributed by atoms with van der Waals surface area (Å²) in [7, 11) is 0. The highest BCUT2D eigenvalue weighted by molar-refractivity contribution is 6.12. The van der Waals surface area contributed by atoms with Crippen LogP contribution in [-0.2, 0) is 0 Å². The molecular weight excluding hydrogens is 753 g/mol. The van der Waals surface area contributed by atoms with Gasteiger partial charge in [0.15, 0.2) is 0 Å². The Morgan fingerprint density at radius 1 is 0.468 bits per heavy atom. The molecule has 11 rings (SSSR count). The molecule has 0 N–H and O–H groups in total. The number of hydrogen-bond acceptors (Lipinski definition) is 2. The molecule has 2 heterocycles. The van der Waals surface area contributed by atoms with E-state index in [1.165, 1.54) is 38.6 Å². The number of nitrogens with zero attached hydrogens (tertiary/aromatic N) is 2. The van der Waals surface area contributed by atoms with Crippen molar-refractivity contribution in [2.24, 2.45) is 0 Å². The van der Waals surface area contributed by atoms with Crippen molar-refractivity contribution < 1.29 is 4.42 Å². The highest BCUT2D eigenvalue weighted by Crippen LogP contribution is 2.44. The molecule has 0 amide bonds. The molecule has 3 heteroatoms. The Morgan fingerprint density at radius 2 is 1.03 bits per heavy atom. The Bertz CT molecular complexity index is 3420. The fourth-order valence-electron chi connectivity index (χ4n) is 9.07. The molecule has 62 heavy (non-hydrogen) atoms. The summed E-state index contributed by atoms with van der Waals surface area (Å²) in [5.74, 6) is 0. The Kier molecular flexibility index (Phi) is 9.21. The molecule has 11 aromatic rings. The van der Waals surface area contributed by atoms with Crippen molar-refractivity contribution >= 4 is 66.9 Å². The first kappa shape index (κ1) is 36.9. The normalized spacial score (nSPS) is 11.6. The Hall–Kier alpha value is -8.14. The van der Waals surface area contributed by atoms with Gasteiger partial charge in [0.2, 0.25) is 0 Å². The molecule has 0 atom stereocenters. The summed E-state index contributed by atoms with van der Waals surface area (Å²) in [5, 5.41) is 4.64. The number of aryl methyl sites for hydroxylation is 1. The Labute approximate surface area is 361 Å². The summed E-state index contributed by atoms with van der Waals surface area (Å²) in [4.78, 5) is 2.37. The standard InChI is InChI=1S/C59H42N2O/c1-3-4-15-44-38-45(27-26-40(44)2)43-30-34-47(35-31-43)60(46-32-28-42(29-33-46)41-16-6-5-7-17-41)48-36-37-51(53-21-14-22-54-52-20-10-13-25-58(52)62-59(53)54)57(39-48)61-55-23-11-8-18-49(55)50-19-9-12-24-56(50)61/h3-39H,1H2,2H3/b15-4-. The zero-order valence-corrected chi connectivity index (χ0v) is 34.4. The summed E-state index contributed by atoms with van der Waals surface area (Å²) < 4.78 is 9.13. The fraction of sp³-hybridized carbons (Fsp3) is 0.0169. The molecule has 9 aromatic carbocycles. The van der Waals surface area contributed by atoms with Crippen LogP contribution in [0.2, 0.25) is 0 Å². The van der Waals surface area contributed by atoms with E-state index in [1.54, 1.807) is 0 Å². The van der Waals surface area contributed by atoms with Gasteiger partial charge in [-0.05, 0) is 101 Å². The number of benzene rings is 9. The third-order valence-corrected chi connectivity index (χ3v) is 12.1. The average Bonchev–Trinajstić information content (AvgIpc) is 3.88. The van der Waals surface area contributed by atoms with E-state index in [0.29, 0.717) is 0 Å². The molecule has 0 aliphatic rings. The number of para-hydroxylation sites is 4. The fourth-order valence-corrected chi connectivity index (χ4v) is 9.07. The van der Waals surface area contributed by atoms with Gasteiger partial charge in [-0.25, -0.2) is 0 Å². The minimum Gasteiger partial charge on any atom is -0.455 e. The smallest absolute Gasteiger partial charge is 0.143 e. The van der Waals surface area contributed by atoms with Crippen molar-refractivity contribution in [3.63, 3.8) is 0 Å². The predicted octanol–water partition coefficient (Wildman–Crippen LogP) is 16.7. The van der Waals surface area contributed by atoms with E-state index in [2.05, 4.69) is 229 Å². The summed E-state index contributed by atoms with van der Waals surface area (Å²) in [6.45, 7) is 6.02. The van der Waals surface area contributed by atoms with Crippen LogP contribution in [0.3, 0.4) is 0 Å². The molecule has 0 spiro atoms. The monoisotopic (exact) mass is 794 g/mol. The first-order valence-corrected chi connectivity index (χ1v) is 21.1. The topological polar surface area (TPSA) is 21.3 Å². The molecule has 2 aromatic heterocycles. The van der Waals surface area contributed by atoms with E-state index < -0.39 is 0 Å². The molecule has 0 aliphatic carbocycles. The maximum atomic E-state index is 6.70. The summed E-state index contributed by atoms with van der Waals surface area (Å²) in [5.41, 5.74) is 17.5. The maximum absolute atomic E-state index is 6.70. The first-order valence-electron chi connectivity index (χ1n) is 21.1. The van der Waals surface area contributed by atoms with Gasteiger partial charge in [0, 0.05) is 49.7 Å². The second kappa shape index (κ2) is 15.5. The van der Waals surface area contributed by atoms with E-state index in [-0.39, 0.29) is 0 Å². The number of aromatic nitrogens is 1. The van der Waals surface area contributed by atoms with Crippen LogP contribution < -0.4 is 4.90 Å². The molecule has 0 bridgehead atoms. The lowest BCUT2D eigenvalue weighted by atomic mass is 9.98. The minimum atomic E-state index is 0.881. The van der Waals surface area contributed by atoms with Gasteiger partial charge in [-0.3, -0.25) is 0 Å². The largest absolute Gasteiger partial charge is 0.455 e. The molecule has 294 valence electrons. The zero-order valence-electron chi connectivity index (χ0n) is 34.4. The lowest BCUT2D eigenvalue weighted by Crippen LogP contribution is -2.11.